The summed E-state index contributed by atoms with van der Waals surface area (Å²) in [6, 6.07) is 7.96. The molecular weight excluding hydrogens is 349 g/mol. The van der Waals surface area contributed by atoms with E-state index in [4.69, 9.17) is 4.42 Å². The summed E-state index contributed by atoms with van der Waals surface area (Å²) >= 11 is 0. The molecule has 130 valence electrons. The molecule has 1 aromatic carbocycles. The molecule has 0 spiro atoms. The van der Waals surface area contributed by atoms with E-state index < -0.39 is 0 Å². The number of carbonyl (C=O) groups excluding carboxylic acids is 1. The Morgan fingerprint density at radius 2 is 1.79 bits per heavy atom. The minimum absolute atomic E-state index is 0. The van der Waals surface area contributed by atoms with Crippen molar-refractivity contribution >= 4 is 30.7 Å². The van der Waals surface area contributed by atoms with Crippen molar-refractivity contribution in [1.29, 1.82) is 0 Å². The second-order valence-electron chi connectivity index (χ2n) is 6.28. The predicted octanol–water partition coefficient (Wildman–Crippen LogP) is 2.79. The van der Waals surface area contributed by atoms with Crippen LogP contribution in [0.2, 0.25) is 0 Å². The first-order valence-electron chi connectivity index (χ1n) is 7.73. The standard InChI is InChI=1S/C17H19N3O2.2ClH/c1-11-2-4-12(5-3-11)16-15(19-10-22-16)17(21)20-8-13-6-18-7-14(13)9-20;;/h2-5,10,13-14,18H,6-9H2,1H3;2*1H/t13-,14+;;. The van der Waals surface area contributed by atoms with Crippen LogP contribution in [0.1, 0.15) is 16.1 Å². The molecule has 24 heavy (non-hydrogen) atoms. The van der Waals surface area contributed by atoms with Crippen molar-refractivity contribution in [3.63, 3.8) is 0 Å². The summed E-state index contributed by atoms with van der Waals surface area (Å²) in [5.74, 6) is 1.72. The molecule has 0 unspecified atom stereocenters. The molecule has 2 aromatic rings. The molecule has 0 bridgehead atoms. The maximum atomic E-state index is 12.8. The van der Waals surface area contributed by atoms with Gasteiger partial charge in [0.1, 0.15) is 0 Å². The number of carbonyl (C=O) groups is 1. The molecule has 1 N–H and O–H groups in total. The number of nitrogens with one attached hydrogen (secondary N) is 1. The van der Waals surface area contributed by atoms with E-state index >= 15 is 0 Å². The summed E-state index contributed by atoms with van der Waals surface area (Å²) in [6.07, 6.45) is 1.36. The van der Waals surface area contributed by atoms with Gasteiger partial charge in [-0.2, -0.15) is 0 Å². The smallest absolute Gasteiger partial charge is 0.276 e. The van der Waals surface area contributed by atoms with E-state index in [9.17, 15) is 4.79 Å². The molecule has 0 aliphatic carbocycles. The number of aryl methyl sites for hydroxylation is 1. The van der Waals surface area contributed by atoms with Crippen molar-refractivity contribution in [3.8, 4) is 11.3 Å². The fourth-order valence-corrected chi connectivity index (χ4v) is 3.48. The number of hydrogen-bond acceptors (Lipinski definition) is 4. The van der Waals surface area contributed by atoms with E-state index in [0.29, 0.717) is 23.3 Å². The van der Waals surface area contributed by atoms with Gasteiger partial charge in [-0.3, -0.25) is 4.79 Å². The van der Waals surface area contributed by atoms with Crippen LogP contribution in [0.15, 0.2) is 35.1 Å². The number of likely N-dealkylation sites (tertiary alicyclic amines) is 1. The van der Waals surface area contributed by atoms with Crippen molar-refractivity contribution < 1.29 is 9.21 Å². The zero-order chi connectivity index (χ0) is 15.1. The van der Waals surface area contributed by atoms with Crippen molar-refractivity contribution in [2.45, 2.75) is 6.92 Å². The first kappa shape index (κ1) is 18.8. The number of benzene rings is 1. The predicted molar refractivity (Wildman–Crippen MR) is 96.9 cm³/mol. The average Bonchev–Trinajstić information content (AvgIpc) is 3.22. The number of rotatable bonds is 2. The van der Waals surface area contributed by atoms with Crippen LogP contribution in [0.5, 0.6) is 0 Å². The Hall–Kier alpha value is -1.56. The maximum absolute atomic E-state index is 12.8. The number of oxazole rings is 1. The topological polar surface area (TPSA) is 58.4 Å². The van der Waals surface area contributed by atoms with Crippen LogP contribution in [-0.2, 0) is 0 Å². The van der Waals surface area contributed by atoms with Gasteiger partial charge in [0.25, 0.3) is 5.91 Å². The van der Waals surface area contributed by atoms with Gasteiger partial charge in [-0.15, -0.1) is 24.8 Å². The van der Waals surface area contributed by atoms with Gasteiger partial charge in [0.15, 0.2) is 17.8 Å². The van der Waals surface area contributed by atoms with Crippen molar-refractivity contribution in [2.24, 2.45) is 11.8 Å². The SMILES string of the molecule is Cc1ccc(-c2ocnc2C(=O)N2C[C@H]3CNC[C@H]3C2)cc1.Cl.Cl. The molecule has 7 heteroatoms. The first-order chi connectivity index (χ1) is 10.7. The van der Waals surface area contributed by atoms with Gasteiger partial charge >= 0.3 is 0 Å². The molecular formula is C17H21Cl2N3O2. The van der Waals surface area contributed by atoms with Crippen LogP contribution in [0.4, 0.5) is 0 Å². The monoisotopic (exact) mass is 369 g/mol. The highest BCUT2D eigenvalue weighted by molar-refractivity contribution is 5.97. The average molecular weight is 370 g/mol. The Balaban J connectivity index is 0.00000104. The zero-order valence-corrected chi connectivity index (χ0v) is 15.0. The second-order valence-corrected chi connectivity index (χ2v) is 6.28. The highest BCUT2D eigenvalue weighted by atomic mass is 35.5. The lowest BCUT2D eigenvalue weighted by molar-refractivity contribution is 0.0777. The van der Waals surface area contributed by atoms with Crippen molar-refractivity contribution in [2.75, 3.05) is 26.2 Å². The van der Waals surface area contributed by atoms with E-state index in [1.165, 1.54) is 12.0 Å². The van der Waals surface area contributed by atoms with E-state index in [-0.39, 0.29) is 30.7 Å². The zero-order valence-electron chi connectivity index (χ0n) is 13.4. The maximum Gasteiger partial charge on any atom is 0.276 e. The van der Waals surface area contributed by atoms with Gasteiger partial charge in [0, 0.05) is 31.7 Å². The highest BCUT2D eigenvalue weighted by Gasteiger charge is 2.39. The first-order valence-corrected chi connectivity index (χ1v) is 7.73. The lowest BCUT2D eigenvalue weighted by Crippen LogP contribution is -2.32. The normalized spacial score (nSPS) is 21.8. The molecule has 2 aliphatic heterocycles. The molecule has 5 nitrogen and oxygen atoms in total. The van der Waals surface area contributed by atoms with Gasteiger partial charge in [-0.05, 0) is 18.8 Å². The molecule has 2 saturated heterocycles. The number of amides is 1. The number of fused-ring (bicyclic) bond motifs is 1. The Morgan fingerprint density at radius 3 is 2.42 bits per heavy atom. The fraction of sp³-hybridized carbons (Fsp3) is 0.412. The number of halogens is 2. The second kappa shape index (κ2) is 7.55. The van der Waals surface area contributed by atoms with Gasteiger partial charge in [-0.25, -0.2) is 4.98 Å². The molecule has 1 amide bonds. The largest absolute Gasteiger partial charge is 0.443 e. The van der Waals surface area contributed by atoms with Gasteiger partial charge in [0.05, 0.1) is 0 Å². The minimum atomic E-state index is -0.0151. The van der Waals surface area contributed by atoms with Crippen LogP contribution in [0.25, 0.3) is 11.3 Å². The van der Waals surface area contributed by atoms with E-state index in [1.807, 2.05) is 36.1 Å². The number of aromatic nitrogens is 1. The lowest BCUT2D eigenvalue weighted by Gasteiger charge is -2.16. The van der Waals surface area contributed by atoms with Crippen LogP contribution >= 0.6 is 24.8 Å². The molecule has 2 aliphatic rings. The molecule has 2 atom stereocenters. The Kier molecular flexibility index (Phi) is 5.91. The minimum Gasteiger partial charge on any atom is -0.443 e. The molecule has 0 saturated carbocycles. The van der Waals surface area contributed by atoms with Crippen LogP contribution in [-0.4, -0.2) is 42.0 Å². The van der Waals surface area contributed by atoms with Gasteiger partial charge < -0.3 is 14.6 Å². The van der Waals surface area contributed by atoms with E-state index in [1.54, 1.807) is 0 Å². The summed E-state index contributed by atoms with van der Waals surface area (Å²) in [5.41, 5.74) is 2.50. The summed E-state index contributed by atoms with van der Waals surface area (Å²) in [5, 5.41) is 3.39. The third kappa shape index (κ3) is 3.29. The van der Waals surface area contributed by atoms with Crippen LogP contribution < -0.4 is 5.32 Å². The Morgan fingerprint density at radius 1 is 1.17 bits per heavy atom. The summed E-state index contributed by atoms with van der Waals surface area (Å²) < 4.78 is 5.49. The lowest BCUT2D eigenvalue weighted by atomic mass is 10.0. The van der Waals surface area contributed by atoms with Crippen molar-refractivity contribution in [3.05, 3.63) is 41.9 Å². The van der Waals surface area contributed by atoms with Crippen LogP contribution in [0, 0.1) is 18.8 Å². The van der Waals surface area contributed by atoms with Crippen LogP contribution in [0.3, 0.4) is 0 Å². The molecule has 2 fully saturated rings. The highest BCUT2D eigenvalue weighted by Crippen LogP contribution is 2.30. The number of hydrogen-bond donors (Lipinski definition) is 1. The molecule has 1 aromatic heterocycles. The van der Waals surface area contributed by atoms with Gasteiger partial charge in [0.2, 0.25) is 0 Å². The molecule has 3 heterocycles. The molecule has 4 rings (SSSR count). The third-order valence-electron chi connectivity index (χ3n) is 4.76. The van der Waals surface area contributed by atoms with E-state index in [2.05, 4.69) is 10.3 Å². The van der Waals surface area contributed by atoms with E-state index in [0.717, 1.165) is 31.7 Å². The Labute approximate surface area is 153 Å². The third-order valence-corrected chi connectivity index (χ3v) is 4.76. The quantitative estimate of drug-likeness (QED) is 0.883. The Bertz CT molecular complexity index is 690. The fourth-order valence-electron chi connectivity index (χ4n) is 3.48. The van der Waals surface area contributed by atoms with Gasteiger partial charge in [-0.1, -0.05) is 29.8 Å². The molecule has 0 radical (unpaired) electrons. The van der Waals surface area contributed by atoms with Crippen molar-refractivity contribution in [1.82, 2.24) is 15.2 Å². The number of nitrogens with zero attached hydrogens (tertiary/aromatic N) is 2. The summed E-state index contributed by atoms with van der Waals surface area (Å²) in [6.45, 7) is 5.69. The summed E-state index contributed by atoms with van der Waals surface area (Å²) in [7, 11) is 0. The summed E-state index contributed by atoms with van der Waals surface area (Å²) in [4.78, 5) is 18.9.